The minimum atomic E-state index is -3.61. The molecular formula is C25H33ClN4O4S2. The van der Waals surface area contributed by atoms with Crippen LogP contribution in [-0.4, -0.2) is 82.0 Å². The molecule has 1 saturated heterocycles. The third kappa shape index (κ3) is 6.42. The number of aryl methyl sites for hydroxylation is 1. The second-order valence-electron chi connectivity index (χ2n) is 8.81. The van der Waals surface area contributed by atoms with Gasteiger partial charge < -0.3 is 9.64 Å². The summed E-state index contributed by atoms with van der Waals surface area (Å²) in [5, 5.41) is 0.655. The summed E-state index contributed by atoms with van der Waals surface area (Å²) in [5.41, 5.74) is 2.54. The monoisotopic (exact) mass is 552 g/mol. The molecule has 2 aromatic carbocycles. The Labute approximate surface area is 223 Å². The number of thiazole rings is 1. The molecule has 0 radical (unpaired) electrons. The van der Waals surface area contributed by atoms with Gasteiger partial charge in [-0.25, -0.2) is 13.4 Å². The zero-order chi connectivity index (χ0) is 25.0. The molecule has 3 aromatic rings. The van der Waals surface area contributed by atoms with Crippen molar-refractivity contribution in [3.63, 3.8) is 0 Å². The normalized spacial score (nSPS) is 14.7. The quantitative estimate of drug-likeness (QED) is 0.400. The van der Waals surface area contributed by atoms with Crippen molar-refractivity contribution in [3.05, 3.63) is 53.6 Å². The van der Waals surface area contributed by atoms with Crippen LogP contribution in [0.1, 0.15) is 29.3 Å². The molecule has 196 valence electrons. The lowest BCUT2D eigenvalue weighted by Crippen LogP contribution is -2.40. The maximum absolute atomic E-state index is 13.6. The van der Waals surface area contributed by atoms with Crippen molar-refractivity contribution in [3.8, 4) is 0 Å². The standard InChI is InChI=1S/C25H32N4O4S2.ClH/c1-4-19-6-11-22-23(18-19)34-25(26-22)29(13-5-12-27(2)3)24(30)20-7-9-21(10-8-20)35(31,32)28-14-16-33-17-15-28;/h6-11,18H,4-5,12-17H2,1-3H3;1H. The van der Waals surface area contributed by atoms with Gasteiger partial charge in [0.05, 0.1) is 28.3 Å². The zero-order valence-corrected chi connectivity index (χ0v) is 23.3. The molecule has 0 saturated carbocycles. The molecule has 11 heteroatoms. The van der Waals surface area contributed by atoms with Gasteiger partial charge in [-0.3, -0.25) is 9.69 Å². The van der Waals surface area contributed by atoms with E-state index in [0.717, 1.165) is 29.6 Å². The number of aromatic nitrogens is 1. The summed E-state index contributed by atoms with van der Waals surface area (Å²) in [7, 11) is 0.395. The zero-order valence-electron chi connectivity index (χ0n) is 20.8. The third-order valence-electron chi connectivity index (χ3n) is 6.02. The average molecular weight is 553 g/mol. The summed E-state index contributed by atoms with van der Waals surface area (Å²) in [6, 6.07) is 12.4. The predicted molar refractivity (Wildman–Crippen MR) is 147 cm³/mol. The highest BCUT2D eigenvalue weighted by atomic mass is 35.5. The van der Waals surface area contributed by atoms with Crippen LogP contribution in [0.5, 0.6) is 0 Å². The molecule has 0 atom stereocenters. The number of hydrogen-bond donors (Lipinski definition) is 0. The number of rotatable bonds is 9. The number of halogens is 1. The number of morpholine rings is 1. The molecule has 2 heterocycles. The summed E-state index contributed by atoms with van der Waals surface area (Å²) >= 11 is 1.51. The SMILES string of the molecule is CCc1ccc2nc(N(CCCN(C)C)C(=O)c3ccc(S(=O)(=O)N4CCOCC4)cc3)sc2c1.Cl. The number of carbonyl (C=O) groups excluding carboxylic acids is 1. The van der Waals surface area contributed by atoms with Gasteiger partial charge in [0, 0.05) is 25.2 Å². The molecular weight excluding hydrogens is 520 g/mol. The number of sulfonamides is 1. The van der Waals surface area contributed by atoms with E-state index in [1.807, 2.05) is 20.2 Å². The van der Waals surface area contributed by atoms with Gasteiger partial charge >= 0.3 is 0 Å². The van der Waals surface area contributed by atoms with Gasteiger partial charge in [0.25, 0.3) is 5.91 Å². The number of anilines is 1. The van der Waals surface area contributed by atoms with Crippen molar-refractivity contribution in [1.29, 1.82) is 0 Å². The van der Waals surface area contributed by atoms with Gasteiger partial charge in [0.1, 0.15) is 0 Å². The Kier molecular flexibility index (Phi) is 9.85. The Balaban J connectivity index is 0.00000361. The van der Waals surface area contributed by atoms with Crippen LogP contribution in [0.25, 0.3) is 10.2 Å². The molecule has 0 aliphatic carbocycles. The Morgan fingerprint density at radius 1 is 1.08 bits per heavy atom. The first-order chi connectivity index (χ1) is 16.8. The van der Waals surface area contributed by atoms with Crippen LogP contribution in [0, 0.1) is 0 Å². The van der Waals surface area contributed by atoms with Crippen LogP contribution in [0.15, 0.2) is 47.4 Å². The highest BCUT2D eigenvalue weighted by Gasteiger charge is 2.27. The molecule has 1 fully saturated rings. The van der Waals surface area contributed by atoms with Crippen molar-refractivity contribution in [1.82, 2.24) is 14.2 Å². The molecule has 36 heavy (non-hydrogen) atoms. The van der Waals surface area contributed by atoms with E-state index in [4.69, 9.17) is 9.72 Å². The van der Waals surface area contributed by atoms with Crippen molar-refractivity contribution < 1.29 is 17.9 Å². The number of hydrogen-bond acceptors (Lipinski definition) is 7. The van der Waals surface area contributed by atoms with Crippen molar-refractivity contribution >= 4 is 55.0 Å². The van der Waals surface area contributed by atoms with Crippen LogP contribution in [0.4, 0.5) is 5.13 Å². The number of nitrogens with zero attached hydrogens (tertiary/aromatic N) is 4. The van der Waals surface area contributed by atoms with E-state index in [1.165, 1.54) is 33.3 Å². The summed E-state index contributed by atoms with van der Waals surface area (Å²) in [4.78, 5) is 22.3. The molecule has 0 spiro atoms. The second-order valence-corrected chi connectivity index (χ2v) is 11.8. The number of carbonyl (C=O) groups is 1. The fourth-order valence-electron chi connectivity index (χ4n) is 3.98. The summed E-state index contributed by atoms with van der Waals surface area (Å²) in [6.07, 6.45) is 1.73. The van der Waals surface area contributed by atoms with Gasteiger partial charge in [-0.15, -0.1) is 12.4 Å². The Hall–Kier alpha value is -2.08. The topological polar surface area (TPSA) is 83.1 Å². The van der Waals surface area contributed by atoms with E-state index < -0.39 is 10.0 Å². The van der Waals surface area contributed by atoms with E-state index in [-0.39, 0.29) is 23.2 Å². The van der Waals surface area contributed by atoms with Crippen LogP contribution in [0.2, 0.25) is 0 Å². The molecule has 0 unspecified atom stereocenters. The lowest BCUT2D eigenvalue weighted by molar-refractivity contribution is 0.0730. The van der Waals surface area contributed by atoms with Gasteiger partial charge in [-0.1, -0.05) is 24.3 Å². The average Bonchev–Trinajstić information content (AvgIpc) is 3.29. The van der Waals surface area contributed by atoms with Crippen molar-refractivity contribution in [2.45, 2.75) is 24.7 Å². The molecule has 1 amide bonds. The number of benzene rings is 2. The maximum Gasteiger partial charge on any atom is 0.260 e. The highest BCUT2D eigenvalue weighted by molar-refractivity contribution is 7.89. The molecule has 1 aromatic heterocycles. The molecule has 0 bridgehead atoms. The van der Waals surface area contributed by atoms with E-state index in [1.54, 1.807) is 17.0 Å². The summed E-state index contributed by atoms with van der Waals surface area (Å²) < 4.78 is 33.6. The minimum Gasteiger partial charge on any atom is -0.379 e. The van der Waals surface area contributed by atoms with Crippen molar-refractivity contribution in [2.24, 2.45) is 0 Å². The first-order valence-electron chi connectivity index (χ1n) is 11.8. The molecule has 4 rings (SSSR count). The number of fused-ring (bicyclic) bond motifs is 1. The third-order valence-corrected chi connectivity index (χ3v) is 8.98. The van der Waals surface area contributed by atoms with Crippen LogP contribution in [0.3, 0.4) is 0 Å². The van der Waals surface area contributed by atoms with Gasteiger partial charge in [-0.2, -0.15) is 4.31 Å². The lowest BCUT2D eigenvalue weighted by Gasteiger charge is -2.26. The van der Waals surface area contributed by atoms with Crippen LogP contribution < -0.4 is 4.90 Å². The summed E-state index contributed by atoms with van der Waals surface area (Å²) in [6.45, 7) is 4.92. The largest absolute Gasteiger partial charge is 0.379 e. The molecule has 1 aliphatic rings. The first-order valence-corrected chi connectivity index (χ1v) is 14.1. The lowest BCUT2D eigenvalue weighted by atomic mass is 10.2. The van der Waals surface area contributed by atoms with Gasteiger partial charge in [-0.05, 0) is 75.4 Å². The Morgan fingerprint density at radius 3 is 2.42 bits per heavy atom. The minimum absolute atomic E-state index is 0. The molecule has 1 aliphatic heterocycles. The fourth-order valence-corrected chi connectivity index (χ4v) is 6.44. The second kappa shape index (κ2) is 12.4. The van der Waals surface area contributed by atoms with Gasteiger partial charge in [0.15, 0.2) is 5.13 Å². The van der Waals surface area contributed by atoms with Crippen LogP contribution in [-0.2, 0) is 21.2 Å². The van der Waals surface area contributed by atoms with Gasteiger partial charge in [0.2, 0.25) is 10.0 Å². The smallest absolute Gasteiger partial charge is 0.260 e. The predicted octanol–water partition coefficient (Wildman–Crippen LogP) is 3.90. The van der Waals surface area contributed by atoms with E-state index in [9.17, 15) is 13.2 Å². The number of ether oxygens (including phenoxy) is 1. The van der Waals surface area contributed by atoms with E-state index in [0.29, 0.717) is 43.5 Å². The Morgan fingerprint density at radius 2 is 1.78 bits per heavy atom. The first kappa shape index (κ1) is 28.5. The molecule has 0 N–H and O–H groups in total. The van der Waals surface area contributed by atoms with Crippen molar-refractivity contribution in [2.75, 3.05) is 58.4 Å². The number of amides is 1. The van der Waals surface area contributed by atoms with Crippen LogP contribution >= 0.6 is 23.7 Å². The van der Waals surface area contributed by atoms with E-state index >= 15 is 0 Å². The highest BCUT2D eigenvalue weighted by Crippen LogP contribution is 2.31. The Bertz CT molecular complexity index is 1270. The maximum atomic E-state index is 13.6. The van der Waals surface area contributed by atoms with E-state index in [2.05, 4.69) is 24.0 Å². The summed E-state index contributed by atoms with van der Waals surface area (Å²) in [5.74, 6) is -0.186. The fraction of sp³-hybridized carbons (Fsp3) is 0.440. The molecule has 8 nitrogen and oxygen atoms in total.